The Morgan fingerprint density at radius 2 is 0.820 bits per heavy atom. The van der Waals surface area contributed by atoms with Crippen molar-refractivity contribution in [2.75, 3.05) is 26.4 Å². The van der Waals surface area contributed by atoms with Crippen LogP contribution in [0.15, 0.2) is 146 Å². The fourth-order valence-electron chi connectivity index (χ4n) is 5.01. The maximum atomic E-state index is 12.6. The van der Waals surface area contributed by atoms with Crippen LogP contribution in [-0.2, 0) is 32.7 Å². The Hall–Kier alpha value is -4.11. The predicted molar refractivity (Wildman–Crippen MR) is 256 cm³/mol. The molecule has 2 atom stereocenters. The van der Waals surface area contributed by atoms with Gasteiger partial charge in [0.2, 0.25) is 0 Å². The van der Waals surface area contributed by atoms with Crippen LogP contribution in [0.4, 0.5) is 0 Å². The molecule has 10 heteroatoms. The molecule has 0 amide bonds. The van der Waals surface area contributed by atoms with Gasteiger partial charge in [0.1, 0.15) is 6.61 Å². The van der Waals surface area contributed by atoms with E-state index in [2.05, 4.69) is 148 Å². The van der Waals surface area contributed by atoms with Crippen molar-refractivity contribution in [3.05, 3.63) is 146 Å². The van der Waals surface area contributed by atoms with E-state index in [1.807, 2.05) is 12.2 Å². The third kappa shape index (κ3) is 45.3. The van der Waals surface area contributed by atoms with Crippen molar-refractivity contribution in [1.82, 2.24) is 0 Å². The highest BCUT2D eigenvalue weighted by atomic mass is 31.2. The molecule has 0 aromatic heterocycles. The average Bonchev–Trinajstić information content (AvgIpc) is 3.25. The van der Waals surface area contributed by atoms with E-state index in [-0.39, 0.29) is 32.6 Å². The van der Waals surface area contributed by atoms with Crippen molar-refractivity contribution in [1.29, 1.82) is 0 Å². The summed E-state index contributed by atoms with van der Waals surface area (Å²) in [7, 11) is -4.42. The number of allylic oxidation sites excluding steroid dienone is 24. The molecule has 2 unspecified atom stereocenters. The van der Waals surface area contributed by atoms with E-state index >= 15 is 0 Å². The number of ether oxygens (including phenoxy) is 2. The van der Waals surface area contributed by atoms with Crippen LogP contribution in [0.25, 0.3) is 0 Å². The van der Waals surface area contributed by atoms with E-state index in [1.165, 1.54) is 0 Å². The first kappa shape index (κ1) is 56.9. The zero-order valence-electron chi connectivity index (χ0n) is 37.3. The Bertz CT molecular complexity index is 1490. The minimum Gasteiger partial charge on any atom is -0.462 e. The van der Waals surface area contributed by atoms with Crippen LogP contribution in [0, 0.1) is 0 Å². The Kier molecular flexibility index (Phi) is 42.4. The average molecular weight is 864 g/mol. The molecule has 0 aliphatic heterocycles. The highest BCUT2D eigenvalue weighted by molar-refractivity contribution is 7.47. The van der Waals surface area contributed by atoms with Gasteiger partial charge in [-0.25, -0.2) is 4.57 Å². The second-order valence-electron chi connectivity index (χ2n) is 13.8. The standard InChI is InChI=1S/C51H78NO8P/c1-3-5-7-9-11-13-15-17-19-21-22-23-24-25-26-28-30-32-34-36-38-40-42-44-51(54)60-49(48-59-61(55,56)58-46-45-52)47-57-50(53)43-41-39-37-35-33-31-29-27-20-18-16-14-12-10-8-6-4-2/h5-8,11-14,17-20,22-23,25-26,29-32,35-38,49H,3-4,9-10,15-16,21,24,27-28,33-34,39-48,52H2,1-2H3,(H,55,56)/b7-5-,8-6-,13-11-,14-12-,19-17-,20-18-,23-22-,26-25-,31-29-,32-30-,37-35-,38-36-. The highest BCUT2D eigenvalue weighted by Crippen LogP contribution is 2.43. The third-order valence-corrected chi connectivity index (χ3v) is 9.20. The predicted octanol–water partition coefficient (Wildman–Crippen LogP) is 13.3. The second kappa shape index (κ2) is 45.4. The summed E-state index contributed by atoms with van der Waals surface area (Å²) in [5, 5.41) is 0. The van der Waals surface area contributed by atoms with Crippen LogP contribution in [0.3, 0.4) is 0 Å². The summed E-state index contributed by atoms with van der Waals surface area (Å²) < 4.78 is 32.7. The number of hydrogen-bond donors (Lipinski definition) is 2. The minimum absolute atomic E-state index is 0.0272. The Labute approximate surface area is 369 Å². The van der Waals surface area contributed by atoms with Gasteiger partial charge in [-0.15, -0.1) is 0 Å². The van der Waals surface area contributed by atoms with Crippen molar-refractivity contribution in [3.8, 4) is 0 Å². The smallest absolute Gasteiger partial charge is 0.462 e. The normalized spacial score (nSPS) is 14.6. The van der Waals surface area contributed by atoms with Gasteiger partial charge in [0.15, 0.2) is 6.10 Å². The summed E-state index contributed by atoms with van der Waals surface area (Å²) in [5.41, 5.74) is 5.34. The lowest BCUT2D eigenvalue weighted by Crippen LogP contribution is -2.29. The van der Waals surface area contributed by atoms with E-state index < -0.39 is 32.5 Å². The van der Waals surface area contributed by atoms with Crippen LogP contribution < -0.4 is 5.73 Å². The largest absolute Gasteiger partial charge is 0.472 e. The first-order chi connectivity index (χ1) is 29.8. The first-order valence-corrected chi connectivity index (χ1v) is 23.8. The monoisotopic (exact) mass is 864 g/mol. The number of nitrogens with two attached hydrogens (primary N) is 1. The van der Waals surface area contributed by atoms with E-state index in [0.717, 1.165) is 77.0 Å². The quantitative estimate of drug-likeness (QED) is 0.0268. The molecule has 0 spiro atoms. The SMILES string of the molecule is CC/C=C\C/C=C\C/C=C\C/C=C\C/C=C\C/C=C\C/C=C\CCCC(=O)OC(COC(=O)CCC/C=C\C/C=C\C/C=C\C/C=C\C/C=C\CC)COP(=O)(O)OCCN. The lowest BCUT2D eigenvalue weighted by molar-refractivity contribution is -0.161. The van der Waals surface area contributed by atoms with Crippen molar-refractivity contribution in [2.45, 2.75) is 136 Å². The molecular formula is C51H78NO8P. The fraction of sp³-hybridized carbons (Fsp3) is 0.490. The fourth-order valence-corrected chi connectivity index (χ4v) is 5.77. The summed E-state index contributed by atoms with van der Waals surface area (Å²) in [5.74, 6) is -0.985. The van der Waals surface area contributed by atoms with Crippen LogP contribution in [0.1, 0.15) is 129 Å². The zero-order valence-corrected chi connectivity index (χ0v) is 38.2. The van der Waals surface area contributed by atoms with Gasteiger partial charge in [0, 0.05) is 19.4 Å². The molecule has 0 aliphatic rings. The summed E-state index contributed by atoms with van der Waals surface area (Å²) in [4.78, 5) is 34.9. The first-order valence-electron chi connectivity index (χ1n) is 22.3. The summed E-state index contributed by atoms with van der Waals surface area (Å²) in [6, 6.07) is 0. The second-order valence-corrected chi connectivity index (χ2v) is 15.2. The Morgan fingerprint density at radius 1 is 0.492 bits per heavy atom. The Morgan fingerprint density at radius 3 is 1.16 bits per heavy atom. The molecule has 0 aromatic rings. The molecule has 0 fully saturated rings. The number of carbonyl (C=O) groups is 2. The van der Waals surface area contributed by atoms with E-state index in [4.69, 9.17) is 24.3 Å². The van der Waals surface area contributed by atoms with E-state index in [0.29, 0.717) is 25.7 Å². The molecule has 0 heterocycles. The van der Waals surface area contributed by atoms with Crippen molar-refractivity contribution in [2.24, 2.45) is 5.73 Å². The lowest BCUT2D eigenvalue weighted by atomic mass is 10.2. The molecule has 0 saturated heterocycles. The molecule has 0 bridgehead atoms. The molecule has 0 aliphatic carbocycles. The van der Waals surface area contributed by atoms with Gasteiger partial charge < -0.3 is 20.1 Å². The summed E-state index contributed by atoms with van der Waals surface area (Å²) in [6.45, 7) is 3.33. The third-order valence-electron chi connectivity index (χ3n) is 8.22. The molecule has 3 N–H and O–H groups in total. The topological polar surface area (TPSA) is 134 Å². The number of hydrogen-bond acceptors (Lipinski definition) is 8. The number of rotatable bonds is 39. The number of esters is 2. The molecule has 0 rings (SSSR count). The number of carbonyl (C=O) groups excluding carboxylic acids is 2. The van der Waals surface area contributed by atoms with Gasteiger partial charge >= 0.3 is 19.8 Å². The van der Waals surface area contributed by atoms with Crippen molar-refractivity contribution in [3.63, 3.8) is 0 Å². The maximum Gasteiger partial charge on any atom is 0.472 e. The van der Waals surface area contributed by atoms with Gasteiger partial charge in [-0.3, -0.25) is 18.6 Å². The molecule has 340 valence electrons. The number of phosphoric ester groups is 1. The van der Waals surface area contributed by atoms with Gasteiger partial charge in [0.25, 0.3) is 0 Å². The van der Waals surface area contributed by atoms with Gasteiger partial charge in [-0.05, 0) is 103 Å². The van der Waals surface area contributed by atoms with Crippen molar-refractivity contribution < 1.29 is 37.6 Å². The van der Waals surface area contributed by atoms with Gasteiger partial charge in [0.05, 0.1) is 13.2 Å². The molecular weight excluding hydrogens is 786 g/mol. The molecule has 9 nitrogen and oxygen atoms in total. The maximum absolute atomic E-state index is 12.6. The van der Waals surface area contributed by atoms with Gasteiger partial charge in [-0.2, -0.15) is 0 Å². The molecule has 0 radical (unpaired) electrons. The molecule has 0 saturated carbocycles. The Balaban J connectivity index is 4.38. The van der Waals surface area contributed by atoms with E-state index in [9.17, 15) is 19.0 Å². The summed E-state index contributed by atoms with van der Waals surface area (Å²) in [6.07, 6.45) is 64.7. The van der Waals surface area contributed by atoms with Gasteiger partial charge in [-0.1, -0.05) is 160 Å². The number of unbranched alkanes of at least 4 members (excludes halogenated alkanes) is 2. The van der Waals surface area contributed by atoms with Crippen LogP contribution in [0.5, 0.6) is 0 Å². The number of phosphoric acid groups is 1. The van der Waals surface area contributed by atoms with Crippen LogP contribution in [-0.4, -0.2) is 49.3 Å². The zero-order chi connectivity index (χ0) is 44.6. The molecule has 0 aromatic carbocycles. The van der Waals surface area contributed by atoms with Crippen LogP contribution >= 0.6 is 7.82 Å². The van der Waals surface area contributed by atoms with E-state index in [1.54, 1.807) is 0 Å². The minimum atomic E-state index is -4.42. The summed E-state index contributed by atoms with van der Waals surface area (Å²) >= 11 is 0. The van der Waals surface area contributed by atoms with Crippen LogP contribution in [0.2, 0.25) is 0 Å². The molecule has 61 heavy (non-hydrogen) atoms. The lowest BCUT2D eigenvalue weighted by Gasteiger charge is -2.19. The highest BCUT2D eigenvalue weighted by Gasteiger charge is 2.25. The van der Waals surface area contributed by atoms with Crippen molar-refractivity contribution >= 4 is 19.8 Å².